The van der Waals surface area contributed by atoms with E-state index in [4.69, 9.17) is 0 Å². The van der Waals surface area contributed by atoms with Crippen LogP contribution >= 0.6 is 0 Å². The smallest absolute Gasteiger partial charge is 0.00900 e. The van der Waals surface area contributed by atoms with Gasteiger partial charge in [-0.1, -0.05) is 27.2 Å². The molecule has 66 valence electrons. The monoisotopic (exact) mass is 155 g/mol. The molecule has 0 heterocycles. The Labute approximate surface area is 70.6 Å². The molecule has 1 fully saturated rings. The van der Waals surface area contributed by atoms with Crippen molar-refractivity contribution in [3.8, 4) is 0 Å². The molecule has 0 aliphatic heterocycles. The van der Waals surface area contributed by atoms with Crippen molar-refractivity contribution in [2.45, 2.75) is 58.5 Å². The van der Waals surface area contributed by atoms with Gasteiger partial charge in [0.2, 0.25) is 0 Å². The zero-order chi connectivity index (χ0) is 8.27. The fraction of sp³-hybridized carbons (Fsp3) is 1.00. The molecule has 1 heteroatoms. The van der Waals surface area contributed by atoms with Gasteiger partial charge in [0, 0.05) is 12.1 Å². The van der Waals surface area contributed by atoms with E-state index in [2.05, 4.69) is 26.1 Å². The second-order valence-corrected chi connectivity index (χ2v) is 4.05. The average Bonchev–Trinajstić information content (AvgIpc) is 1.85. The summed E-state index contributed by atoms with van der Waals surface area (Å²) >= 11 is 0. The molecule has 1 rings (SSSR count). The molecule has 0 aromatic carbocycles. The van der Waals surface area contributed by atoms with E-state index in [1.165, 1.54) is 25.7 Å². The molecule has 0 radical (unpaired) electrons. The molecule has 0 bridgehead atoms. The lowest BCUT2D eigenvalue weighted by molar-refractivity contribution is 0.265. The molecule has 1 saturated carbocycles. The van der Waals surface area contributed by atoms with Crippen LogP contribution in [-0.4, -0.2) is 12.1 Å². The Morgan fingerprint density at radius 1 is 1.36 bits per heavy atom. The van der Waals surface area contributed by atoms with E-state index >= 15 is 0 Å². The second-order valence-electron chi connectivity index (χ2n) is 4.05. The van der Waals surface area contributed by atoms with Gasteiger partial charge in [-0.25, -0.2) is 0 Å². The maximum Gasteiger partial charge on any atom is 0.00900 e. The molecular formula is C10H21N. The van der Waals surface area contributed by atoms with Gasteiger partial charge < -0.3 is 5.32 Å². The number of hydrogen-bond donors (Lipinski definition) is 1. The van der Waals surface area contributed by atoms with Gasteiger partial charge in [0.15, 0.2) is 0 Å². The van der Waals surface area contributed by atoms with Gasteiger partial charge in [-0.2, -0.15) is 0 Å². The van der Waals surface area contributed by atoms with Gasteiger partial charge in [0.1, 0.15) is 0 Å². The summed E-state index contributed by atoms with van der Waals surface area (Å²) in [6.07, 6.45) is 5.52. The van der Waals surface area contributed by atoms with Crippen molar-refractivity contribution in [3.63, 3.8) is 0 Å². The number of rotatable bonds is 4. The van der Waals surface area contributed by atoms with Gasteiger partial charge in [-0.05, 0) is 25.2 Å². The van der Waals surface area contributed by atoms with Crippen LogP contribution < -0.4 is 5.32 Å². The summed E-state index contributed by atoms with van der Waals surface area (Å²) in [5.74, 6) is 0.792. The SMILES string of the molecule is CCC(NC1CCC1)C(C)C. The van der Waals surface area contributed by atoms with Crippen LogP contribution in [0.3, 0.4) is 0 Å². The lowest BCUT2D eigenvalue weighted by Gasteiger charge is -2.33. The van der Waals surface area contributed by atoms with Crippen molar-refractivity contribution in [3.05, 3.63) is 0 Å². The summed E-state index contributed by atoms with van der Waals surface area (Å²) in [4.78, 5) is 0. The van der Waals surface area contributed by atoms with Crippen molar-refractivity contribution in [2.75, 3.05) is 0 Å². The minimum atomic E-state index is 0.750. The summed E-state index contributed by atoms with van der Waals surface area (Å²) in [6, 6.07) is 1.60. The van der Waals surface area contributed by atoms with Crippen molar-refractivity contribution in [1.82, 2.24) is 5.32 Å². The first-order valence-electron chi connectivity index (χ1n) is 5.00. The van der Waals surface area contributed by atoms with E-state index in [-0.39, 0.29) is 0 Å². The van der Waals surface area contributed by atoms with Gasteiger partial charge in [0.25, 0.3) is 0 Å². The lowest BCUT2D eigenvalue weighted by atomic mass is 9.90. The highest BCUT2D eigenvalue weighted by Gasteiger charge is 2.21. The molecule has 1 N–H and O–H groups in total. The first kappa shape index (κ1) is 9.05. The lowest BCUT2D eigenvalue weighted by Crippen LogP contribution is -2.44. The highest BCUT2D eigenvalue weighted by molar-refractivity contribution is 4.81. The molecule has 0 aromatic rings. The Morgan fingerprint density at radius 2 is 2.00 bits per heavy atom. The van der Waals surface area contributed by atoms with Crippen LogP contribution in [0.4, 0.5) is 0 Å². The van der Waals surface area contributed by atoms with E-state index < -0.39 is 0 Å². The summed E-state index contributed by atoms with van der Waals surface area (Å²) in [7, 11) is 0. The van der Waals surface area contributed by atoms with E-state index in [0.717, 1.165) is 18.0 Å². The molecule has 1 aliphatic carbocycles. The first-order chi connectivity index (χ1) is 5.24. The van der Waals surface area contributed by atoms with Crippen LogP contribution in [0.1, 0.15) is 46.5 Å². The minimum Gasteiger partial charge on any atom is -0.311 e. The standard InChI is InChI=1S/C10H21N/c1-4-10(8(2)3)11-9-6-5-7-9/h8-11H,4-7H2,1-3H3. The van der Waals surface area contributed by atoms with Gasteiger partial charge in [-0.15, -0.1) is 0 Å². The molecule has 1 atom stereocenters. The quantitative estimate of drug-likeness (QED) is 0.658. The third-order valence-corrected chi connectivity index (χ3v) is 2.80. The van der Waals surface area contributed by atoms with Crippen LogP contribution in [0.15, 0.2) is 0 Å². The van der Waals surface area contributed by atoms with E-state index in [9.17, 15) is 0 Å². The summed E-state index contributed by atoms with van der Waals surface area (Å²) in [6.45, 7) is 6.88. The predicted octanol–water partition coefficient (Wildman–Crippen LogP) is 2.56. The van der Waals surface area contributed by atoms with Gasteiger partial charge >= 0.3 is 0 Å². The highest BCUT2D eigenvalue weighted by Crippen LogP contribution is 2.20. The van der Waals surface area contributed by atoms with Crippen molar-refractivity contribution < 1.29 is 0 Å². The van der Waals surface area contributed by atoms with Gasteiger partial charge in [-0.3, -0.25) is 0 Å². The van der Waals surface area contributed by atoms with Crippen molar-refractivity contribution in [1.29, 1.82) is 0 Å². The molecule has 1 aliphatic rings. The minimum absolute atomic E-state index is 0.750. The van der Waals surface area contributed by atoms with E-state index in [1.807, 2.05) is 0 Å². The average molecular weight is 155 g/mol. The van der Waals surface area contributed by atoms with Crippen molar-refractivity contribution >= 4 is 0 Å². The fourth-order valence-electron chi connectivity index (χ4n) is 1.66. The molecule has 0 saturated heterocycles. The Morgan fingerprint density at radius 3 is 2.27 bits per heavy atom. The maximum absolute atomic E-state index is 3.70. The largest absolute Gasteiger partial charge is 0.311 e. The molecule has 0 amide bonds. The molecule has 11 heavy (non-hydrogen) atoms. The second kappa shape index (κ2) is 4.10. The third kappa shape index (κ3) is 2.48. The third-order valence-electron chi connectivity index (χ3n) is 2.80. The molecule has 1 unspecified atom stereocenters. The van der Waals surface area contributed by atoms with Crippen LogP contribution in [-0.2, 0) is 0 Å². The molecule has 1 nitrogen and oxygen atoms in total. The molecule has 0 spiro atoms. The van der Waals surface area contributed by atoms with Gasteiger partial charge in [0.05, 0.1) is 0 Å². The Hall–Kier alpha value is -0.0400. The zero-order valence-electron chi connectivity index (χ0n) is 8.06. The molecule has 0 aromatic heterocycles. The topological polar surface area (TPSA) is 12.0 Å². The van der Waals surface area contributed by atoms with Crippen LogP contribution in [0, 0.1) is 5.92 Å². The van der Waals surface area contributed by atoms with E-state index in [0.29, 0.717) is 0 Å². The summed E-state index contributed by atoms with van der Waals surface area (Å²) < 4.78 is 0. The predicted molar refractivity (Wildman–Crippen MR) is 49.7 cm³/mol. The zero-order valence-corrected chi connectivity index (χ0v) is 8.06. The fourth-order valence-corrected chi connectivity index (χ4v) is 1.66. The van der Waals surface area contributed by atoms with Crippen LogP contribution in [0.25, 0.3) is 0 Å². The highest BCUT2D eigenvalue weighted by atomic mass is 15.0. The van der Waals surface area contributed by atoms with E-state index in [1.54, 1.807) is 0 Å². The summed E-state index contributed by atoms with van der Waals surface area (Å²) in [5.41, 5.74) is 0. The number of hydrogen-bond acceptors (Lipinski definition) is 1. The van der Waals surface area contributed by atoms with Crippen LogP contribution in [0.2, 0.25) is 0 Å². The number of nitrogens with one attached hydrogen (secondary N) is 1. The molecular weight excluding hydrogens is 134 g/mol. The Bertz CT molecular complexity index is 105. The summed E-state index contributed by atoms with van der Waals surface area (Å²) in [5, 5.41) is 3.70. The van der Waals surface area contributed by atoms with Crippen molar-refractivity contribution in [2.24, 2.45) is 5.92 Å². The Kier molecular flexibility index (Phi) is 3.38. The maximum atomic E-state index is 3.70. The first-order valence-corrected chi connectivity index (χ1v) is 5.00. The van der Waals surface area contributed by atoms with Crippen LogP contribution in [0.5, 0.6) is 0 Å². The normalized spacial score (nSPS) is 21.8. The Balaban J connectivity index is 2.19.